The average Bonchev–Trinajstić information content (AvgIpc) is 2.63. The van der Waals surface area contributed by atoms with E-state index in [1.807, 2.05) is 0 Å². The molecular formula is C18H20F6N2O2. The summed E-state index contributed by atoms with van der Waals surface area (Å²) >= 11 is 0. The van der Waals surface area contributed by atoms with Gasteiger partial charge in [0.25, 0.3) is 5.91 Å². The molecule has 28 heavy (non-hydrogen) atoms. The van der Waals surface area contributed by atoms with Gasteiger partial charge in [-0.15, -0.1) is 0 Å². The van der Waals surface area contributed by atoms with Gasteiger partial charge in [-0.2, -0.15) is 26.3 Å². The van der Waals surface area contributed by atoms with Crippen molar-refractivity contribution in [2.24, 2.45) is 5.92 Å². The van der Waals surface area contributed by atoms with Crippen LogP contribution >= 0.6 is 0 Å². The lowest BCUT2D eigenvalue weighted by atomic mass is 9.86. The van der Waals surface area contributed by atoms with Crippen molar-refractivity contribution in [3.63, 3.8) is 0 Å². The summed E-state index contributed by atoms with van der Waals surface area (Å²) in [5, 5.41) is 5.49. The van der Waals surface area contributed by atoms with Crippen molar-refractivity contribution in [2.45, 2.75) is 44.1 Å². The lowest BCUT2D eigenvalue weighted by Gasteiger charge is -2.28. The first-order chi connectivity index (χ1) is 13.0. The van der Waals surface area contributed by atoms with E-state index in [0.29, 0.717) is 12.1 Å². The summed E-state index contributed by atoms with van der Waals surface area (Å²) in [7, 11) is 0. The Morgan fingerprint density at radius 2 is 1.50 bits per heavy atom. The number of rotatable bonds is 6. The van der Waals surface area contributed by atoms with E-state index in [2.05, 4.69) is 10.6 Å². The summed E-state index contributed by atoms with van der Waals surface area (Å²) in [5.41, 5.74) is -3.72. The highest BCUT2D eigenvalue weighted by Crippen LogP contribution is 2.36. The second-order valence-electron chi connectivity index (χ2n) is 6.80. The Morgan fingerprint density at radius 1 is 0.964 bits per heavy atom. The number of carbonyl (C=O) groups is 2. The molecule has 0 aromatic heterocycles. The molecule has 0 radical (unpaired) electrons. The van der Waals surface area contributed by atoms with Crippen molar-refractivity contribution >= 4 is 12.2 Å². The quantitative estimate of drug-likeness (QED) is 0.554. The molecule has 0 atom stereocenters. The van der Waals surface area contributed by atoms with Gasteiger partial charge in [-0.3, -0.25) is 4.79 Å². The van der Waals surface area contributed by atoms with E-state index in [4.69, 9.17) is 0 Å². The highest BCUT2D eigenvalue weighted by molar-refractivity contribution is 5.94. The standard InChI is InChI=1S/C18H20F6N2O2/c19-17(20,21)13-7-12(8-14(9-13)18(22,23)24)16(28)26-10-11-1-3-15(4-2-11)25-5-6-27/h6-9,11,15,25H,1-5,10H2,(H,26,28). The molecule has 0 aliphatic heterocycles. The molecule has 4 nitrogen and oxygen atoms in total. The molecule has 1 aliphatic rings. The second kappa shape index (κ2) is 8.93. The van der Waals surface area contributed by atoms with Gasteiger partial charge in [-0.25, -0.2) is 0 Å². The Labute approximate surface area is 157 Å². The van der Waals surface area contributed by atoms with Crippen molar-refractivity contribution in [3.05, 3.63) is 34.9 Å². The van der Waals surface area contributed by atoms with E-state index in [1.54, 1.807) is 0 Å². The van der Waals surface area contributed by atoms with Gasteiger partial charge in [0.05, 0.1) is 17.7 Å². The first kappa shape index (κ1) is 22.2. The molecule has 1 aliphatic carbocycles. The van der Waals surface area contributed by atoms with Crippen LogP contribution in [0.4, 0.5) is 26.3 Å². The Balaban J connectivity index is 2.01. The number of benzene rings is 1. The highest BCUT2D eigenvalue weighted by Gasteiger charge is 2.37. The number of hydrogen-bond acceptors (Lipinski definition) is 3. The van der Waals surface area contributed by atoms with E-state index in [0.717, 1.165) is 32.0 Å². The summed E-state index contributed by atoms with van der Waals surface area (Å²) in [4.78, 5) is 22.5. The molecule has 2 N–H and O–H groups in total. The number of alkyl halides is 6. The predicted molar refractivity (Wildman–Crippen MR) is 88.6 cm³/mol. The fraction of sp³-hybridized carbons (Fsp3) is 0.556. The maximum atomic E-state index is 12.9. The van der Waals surface area contributed by atoms with E-state index in [9.17, 15) is 35.9 Å². The molecule has 10 heteroatoms. The van der Waals surface area contributed by atoms with Gasteiger partial charge >= 0.3 is 12.4 Å². The second-order valence-corrected chi connectivity index (χ2v) is 6.80. The van der Waals surface area contributed by atoms with Gasteiger partial charge in [0.2, 0.25) is 0 Å². The predicted octanol–water partition coefficient (Wildman–Crippen LogP) is 3.80. The first-order valence-corrected chi connectivity index (χ1v) is 8.75. The van der Waals surface area contributed by atoms with Crippen LogP contribution in [-0.4, -0.2) is 31.3 Å². The van der Waals surface area contributed by atoms with E-state index >= 15 is 0 Å². The number of nitrogens with one attached hydrogen (secondary N) is 2. The van der Waals surface area contributed by atoms with E-state index in [1.165, 1.54) is 0 Å². The Morgan fingerprint density at radius 3 is 1.96 bits per heavy atom. The molecular weight excluding hydrogens is 390 g/mol. The number of carbonyl (C=O) groups excluding carboxylic acids is 2. The number of hydrogen-bond donors (Lipinski definition) is 2. The molecule has 1 amide bonds. The molecule has 1 aromatic rings. The maximum Gasteiger partial charge on any atom is 0.416 e. The largest absolute Gasteiger partial charge is 0.416 e. The van der Waals surface area contributed by atoms with Gasteiger partial charge in [0.15, 0.2) is 0 Å². The van der Waals surface area contributed by atoms with Gasteiger partial charge in [0, 0.05) is 18.2 Å². The van der Waals surface area contributed by atoms with Crippen molar-refractivity contribution in [2.75, 3.05) is 13.1 Å². The third kappa shape index (κ3) is 6.22. The molecule has 2 rings (SSSR count). The average molecular weight is 410 g/mol. The van der Waals surface area contributed by atoms with E-state index in [-0.39, 0.29) is 31.1 Å². The van der Waals surface area contributed by atoms with Crippen LogP contribution in [-0.2, 0) is 17.1 Å². The molecule has 0 spiro atoms. The molecule has 0 heterocycles. The summed E-state index contributed by atoms with van der Waals surface area (Å²) in [6.45, 7) is 0.417. The van der Waals surface area contributed by atoms with Crippen molar-refractivity contribution in [3.8, 4) is 0 Å². The molecule has 0 bridgehead atoms. The lowest BCUT2D eigenvalue weighted by molar-refractivity contribution is -0.143. The first-order valence-electron chi connectivity index (χ1n) is 8.75. The van der Waals surface area contributed by atoms with Gasteiger partial charge < -0.3 is 15.4 Å². The Bertz CT molecular complexity index is 662. The summed E-state index contributed by atoms with van der Waals surface area (Å²) < 4.78 is 77.2. The molecule has 0 saturated heterocycles. The zero-order valence-corrected chi connectivity index (χ0v) is 14.8. The number of aldehydes is 1. The highest BCUT2D eigenvalue weighted by atomic mass is 19.4. The van der Waals surface area contributed by atoms with Crippen molar-refractivity contribution in [1.82, 2.24) is 10.6 Å². The van der Waals surface area contributed by atoms with Crippen LogP contribution < -0.4 is 10.6 Å². The SMILES string of the molecule is O=CCNC1CCC(CNC(=O)c2cc(C(F)(F)F)cc(C(F)(F)F)c2)CC1. The van der Waals surface area contributed by atoms with Gasteiger partial charge in [-0.1, -0.05) is 0 Å². The Hall–Kier alpha value is -2.10. The van der Waals surface area contributed by atoms with Gasteiger partial charge in [-0.05, 0) is 49.8 Å². The van der Waals surface area contributed by atoms with Crippen molar-refractivity contribution < 1.29 is 35.9 Å². The van der Waals surface area contributed by atoms with Crippen LogP contribution in [0.25, 0.3) is 0 Å². The summed E-state index contributed by atoms with van der Waals surface area (Å²) in [6, 6.07) is 1.02. The fourth-order valence-corrected chi connectivity index (χ4v) is 3.21. The van der Waals surface area contributed by atoms with Crippen LogP contribution in [0.3, 0.4) is 0 Å². The number of amides is 1. The molecule has 1 fully saturated rings. The third-order valence-corrected chi connectivity index (χ3v) is 4.74. The molecule has 0 unspecified atom stereocenters. The molecule has 1 saturated carbocycles. The summed E-state index contributed by atoms with van der Waals surface area (Å²) in [6.07, 6.45) is -6.23. The zero-order valence-electron chi connectivity index (χ0n) is 14.8. The van der Waals surface area contributed by atoms with Crippen LogP contribution in [0.5, 0.6) is 0 Å². The normalized spacial score (nSPS) is 20.6. The fourth-order valence-electron chi connectivity index (χ4n) is 3.21. The monoisotopic (exact) mass is 410 g/mol. The van der Waals surface area contributed by atoms with Crippen molar-refractivity contribution in [1.29, 1.82) is 0 Å². The smallest absolute Gasteiger partial charge is 0.352 e. The molecule has 156 valence electrons. The van der Waals surface area contributed by atoms with Gasteiger partial charge in [0.1, 0.15) is 6.29 Å². The van der Waals surface area contributed by atoms with Crippen LogP contribution in [0, 0.1) is 5.92 Å². The van der Waals surface area contributed by atoms with E-state index < -0.39 is 35.0 Å². The maximum absolute atomic E-state index is 12.9. The minimum absolute atomic E-state index is 0.00954. The molecule has 1 aromatic carbocycles. The minimum Gasteiger partial charge on any atom is -0.352 e. The lowest BCUT2D eigenvalue weighted by Crippen LogP contribution is -2.37. The number of halogens is 6. The topological polar surface area (TPSA) is 58.2 Å². The Kier molecular flexibility index (Phi) is 7.08. The zero-order chi connectivity index (χ0) is 20.9. The van der Waals surface area contributed by atoms with Crippen LogP contribution in [0.15, 0.2) is 18.2 Å². The van der Waals surface area contributed by atoms with Crippen LogP contribution in [0.1, 0.15) is 47.2 Å². The van der Waals surface area contributed by atoms with Crippen LogP contribution in [0.2, 0.25) is 0 Å². The summed E-state index contributed by atoms with van der Waals surface area (Å²) in [5.74, 6) is -0.899. The minimum atomic E-state index is -5.00. The third-order valence-electron chi connectivity index (χ3n) is 4.74.